The van der Waals surface area contributed by atoms with Crippen molar-refractivity contribution >= 4 is 29.1 Å². The molecule has 1 aliphatic carbocycles. The molecule has 4 atom stereocenters. The van der Waals surface area contributed by atoms with Gasteiger partial charge in [0.15, 0.2) is 0 Å². The molecule has 3 heterocycles. The summed E-state index contributed by atoms with van der Waals surface area (Å²) in [6.45, 7) is 1.80. The molecule has 0 bridgehead atoms. The van der Waals surface area contributed by atoms with E-state index in [0.29, 0.717) is 33.0 Å². The van der Waals surface area contributed by atoms with Gasteiger partial charge in [-0.15, -0.1) is 0 Å². The molecule has 224 valence electrons. The number of rotatable bonds is 4. The Kier molecular flexibility index (Phi) is 6.22. The number of aromatic nitrogens is 3. The van der Waals surface area contributed by atoms with Gasteiger partial charge >= 0.3 is 11.4 Å². The van der Waals surface area contributed by atoms with Gasteiger partial charge in [-0.1, -0.05) is 48.0 Å². The molecule has 0 spiro atoms. The zero-order valence-corrected chi connectivity index (χ0v) is 24.5. The largest absolute Gasteiger partial charge is 0.507 e. The number of imide groups is 1. The predicted molar refractivity (Wildman–Crippen MR) is 160 cm³/mol. The van der Waals surface area contributed by atoms with Gasteiger partial charge < -0.3 is 5.11 Å². The summed E-state index contributed by atoms with van der Waals surface area (Å²) in [7, 11) is 1.39. The van der Waals surface area contributed by atoms with Crippen LogP contribution in [0, 0.1) is 18.7 Å². The highest BCUT2D eigenvalue weighted by Gasteiger charge is 2.69. The number of anilines is 1. The van der Waals surface area contributed by atoms with E-state index < -0.39 is 52.3 Å². The first-order valence-electron chi connectivity index (χ1n) is 14.1. The van der Waals surface area contributed by atoms with Crippen LogP contribution in [0.2, 0.25) is 5.02 Å². The van der Waals surface area contributed by atoms with Crippen LogP contribution >= 0.6 is 11.6 Å². The van der Waals surface area contributed by atoms with Crippen LogP contribution in [0.25, 0.3) is 0 Å². The van der Waals surface area contributed by atoms with Crippen LogP contribution in [0.5, 0.6) is 5.75 Å². The maximum Gasteiger partial charge on any atom is 0.347 e. The van der Waals surface area contributed by atoms with Crippen molar-refractivity contribution in [2.45, 2.75) is 37.3 Å². The number of para-hydroxylation sites is 1. The standard InChI is InChI=1S/C32H27ClFN5O5/c1-17-4-3-5-23(27(17)40)26-22-14-15-37-30(43)36(2)31(44)39(37)25(22)16-24-28(41)38(35-21-12-10-20(34)11-13-21)29(42)32(24,26)18-6-8-19(33)9-7-18/h3-14,24-26,35,40H,15-16H2,1-2H3/t24-,25+,26+,32+/m0/s1. The van der Waals surface area contributed by atoms with Crippen molar-refractivity contribution in [2.75, 3.05) is 5.43 Å². The molecule has 44 heavy (non-hydrogen) atoms. The highest BCUT2D eigenvalue weighted by Crippen LogP contribution is 2.62. The minimum absolute atomic E-state index is 0.0209. The molecule has 12 heteroatoms. The Hall–Kier alpha value is -4.90. The first-order valence-corrected chi connectivity index (χ1v) is 14.5. The number of halogens is 2. The van der Waals surface area contributed by atoms with Crippen LogP contribution in [0.4, 0.5) is 10.1 Å². The highest BCUT2D eigenvalue weighted by molar-refractivity contribution is 6.30. The van der Waals surface area contributed by atoms with Crippen LogP contribution < -0.4 is 16.8 Å². The number of phenols is 1. The third kappa shape index (κ3) is 3.71. The number of hydrogen-bond donors (Lipinski definition) is 2. The normalized spacial score (nSPS) is 24.0. The minimum Gasteiger partial charge on any atom is -0.507 e. The van der Waals surface area contributed by atoms with Crippen LogP contribution in [0.1, 0.15) is 35.1 Å². The third-order valence-electron chi connectivity index (χ3n) is 9.29. The first-order chi connectivity index (χ1) is 21.0. The van der Waals surface area contributed by atoms with Crippen molar-refractivity contribution in [3.05, 3.63) is 127 Å². The number of aromatic hydroxyl groups is 1. The van der Waals surface area contributed by atoms with E-state index in [1.54, 1.807) is 49.4 Å². The SMILES string of the molecule is Cc1cccc([C@H]2C3=CCn4c(=O)n(C)c(=O)n4[C@@H]3C[C@H]3C(=O)N(Nc4ccc(F)cc4)C(=O)[C@@]23c2ccc(Cl)cc2)c1O. The van der Waals surface area contributed by atoms with E-state index in [4.69, 9.17) is 11.6 Å². The van der Waals surface area contributed by atoms with Crippen molar-refractivity contribution in [2.24, 2.45) is 13.0 Å². The Morgan fingerprint density at radius 1 is 0.977 bits per heavy atom. The van der Waals surface area contributed by atoms with Gasteiger partial charge in [-0.25, -0.2) is 27.9 Å². The number of nitrogens with one attached hydrogen (secondary N) is 1. The van der Waals surface area contributed by atoms with E-state index in [9.17, 15) is 28.7 Å². The Morgan fingerprint density at radius 2 is 1.68 bits per heavy atom. The lowest BCUT2D eigenvalue weighted by molar-refractivity contribution is -0.138. The smallest absolute Gasteiger partial charge is 0.347 e. The number of amides is 2. The molecule has 2 fully saturated rings. The summed E-state index contributed by atoms with van der Waals surface area (Å²) in [5.74, 6) is -3.61. The molecule has 2 aliphatic heterocycles. The van der Waals surface area contributed by atoms with E-state index in [-0.39, 0.29) is 18.7 Å². The van der Waals surface area contributed by atoms with Crippen LogP contribution in [-0.4, -0.2) is 35.9 Å². The fraction of sp³-hybridized carbons (Fsp3) is 0.250. The summed E-state index contributed by atoms with van der Waals surface area (Å²) in [5.41, 5.74) is 2.69. The molecule has 10 nitrogen and oxygen atoms in total. The lowest BCUT2D eigenvalue weighted by atomic mass is 9.53. The first kappa shape index (κ1) is 27.9. The van der Waals surface area contributed by atoms with E-state index in [2.05, 4.69) is 5.43 Å². The van der Waals surface area contributed by atoms with Gasteiger partial charge in [0.1, 0.15) is 11.6 Å². The van der Waals surface area contributed by atoms with Gasteiger partial charge in [-0.2, -0.15) is 5.01 Å². The molecule has 3 aliphatic rings. The average Bonchev–Trinajstić information content (AvgIpc) is 3.36. The molecule has 3 aromatic carbocycles. The topological polar surface area (TPSA) is 119 Å². The minimum atomic E-state index is -1.58. The lowest BCUT2D eigenvalue weighted by Gasteiger charge is -2.49. The van der Waals surface area contributed by atoms with E-state index in [1.165, 1.54) is 40.7 Å². The van der Waals surface area contributed by atoms with Gasteiger partial charge in [0.25, 0.3) is 11.8 Å². The number of hydrazine groups is 1. The van der Waals surface area contributed by atoms with Crippen LogP contribution in [0.15, 0.2) is 88.0 Å². The molecule has 7 rings (SSSR count). The number of carbonyl (C=O) groups excluding carboxylic acids is 2. The summed E-state index contributed by atoms with van der Waals surface area (Å²) in [6.07, 6.45) is 1.84. The van der Waals surface area contributed by atoms with Crippen molar-refractivity contribution in [3.63, 3.8) is 0 Å². The molecular weight excluding hydrogens is 589 g/mol. The second kappa shape index (κ2) is 9.81. The number of carbonyl (C=O) groups is 2. The lowest BCUT2D eigenvalue weighted by Crippen LogP contribution is -2.53. The molecular formula is C32H27ClFN5O5. The summed E-state index contributed by atoms with van der Waals surface area (Å²) in [6, 6.07) is 16.4. The van der Waals surface area contributed by atoms with Gasteiger partial charge in [0.2, 0.25) is 0 Å². The molecule has 2 N–H and O–H groups in total. The fourth-order valence-corrected chi connectivity index (χ4v) is 7.41. The van der Waals surface area contributed by atoms with Crippen LogP contribution in [0.3, 0.4) is 0 Å². The second-order valence-electron chi connectivity index (χ2n) is 11.5. The Bertz CT molecular complexity index is 2010. The quantitative estimate of drug-likeness (QED) is 0.267. The monoisotopic (exact) mass is 615 g/mol. The summed E-state index contributed by atoms with van der Waals surface area (Å²) in [4.78, 5) is 55.8. The molecule has 0 unspecified atom stereocenters. The summed E-state index contributed by atoms with van der Waals surface area (Å²) < 4.78 is 17.4. The fourth-order valence-electron chi connectivity index (χ4n) is 7.29. The zero-order valence-electron chi connectivity index (χ0n) is 23.7. The molecule has 2 amide bonds. The Morgan fingerprint density at radius 3 is 2.39 bits per heavy atom. The summed E-state index contributed by atoms with van der Waals surface area (Å²) in [5, 5.41) is 12.9. The molecule has 4 aromatic rings. The summed E-state index contributed by atoms with van der Waals surface area (Å²) >= 11 is 6.28. The van der Waals surface area contributed by atoms with Crippen molar-refractivity contribution in [3.8, 4) is 5.75 Å². The van der Waals surface area contributed by atoms with Gasteiger partial charge in [0.05, 0.1) is 29.6 Å². The number of phenolic OH excluding ortho intramolecular Hbond substituents is 1. The van der Waals surface area contributed by atoms with Gasteiger partial charge in [0, 0.05) is 23.6 Å². The number of benzene rings is 3. The van der Waals surface area contributed by atoms with Gasteiger partial charge in [-0.05, 0) is 66.4 Å². The predicted octanol–water partition coefficient (Wildman–Crippen LogP) is 3.77. The molecule has 1 saturated carbocycles. The van der Waals surface area contributed by atoms with Crippen molar-refractivity contribution in [1.82, 2.24) is 18.9 Å². The van der Waals surface area contributed by atoms with Crippen molar-refractivity contribution in [1.29, 1.82) is 0 Å². The van der Waals surface area contributed by atoms with Gasteiger partial charge in [-0.3, -0.25) is 15.0 Å². The zero-order chi connectivity index (χ0) is 31.1. The molecule has 0 radical (unpaired) electrons. The molecule has 1 aromatic heterocycles. The highest BCUT2D eigenvalue weighted by atomic mass is 35.5. The maximum absolute atomic E-state index is 15.0. The Balaban J connectivity index is 1.52. The second-order valence-corrected chi connectivity index (χ2v) is 11.9. The van der Waals surface area contributed by atoms with E-state index in [0.717, 1.165) is 9.58 Å². The molecule has 1 saturated heterocycles. The number of allylic oxidation sites excluding steroid dienone is 2. The number of hydrogen-bond acceptors (Lipinski definition) is 6. The maximum atomic E-state index is 15.0. The number of nitrogens with zero attached hydrogens (tertiary/aromatic N) is 4. The van der Waals surface area contributed by atoms with E-state index >= 15 is 0 Å². The van der Waals surface area contributed by atoms with Crippen LogP contribution in [-0.2, 0) is 28.6 Å². The van der Waals surface area contributed by atoms with Crippen molar-refractivity contribution < 1.29 is 19.1 Å². The number of aryl methyl sites for hydroxylation is 1. The number of fused-ring (bicyclic) bond motifs is 4. The average molecular weight is 616 g/mol. The van der Waals surface area contributed by atoms with E-state index in [1.807, 2.05) is 6.08 Å². The third-order valence-corrected chi connectivity index (χ3v) is 9.54. The Labute approximate surface area is 255 Å².